The van der Waals surface area contributed by atoms with Crippen LogP contribution in [0.1, 0.15) is 16.8 Å². The van der Waals surface area contributed by atoms with Gasteiger partial charge in [-0.05, 0) is 25.5 Å². The Bertz CT molecular complexity index is 333. The van der Waals surface area contributed by atoms with Gasteiger partial charge in [-0.25, -0.2) is 0 Å². The van der Waals surface area contributed by atoms with E-state index < -0.39 is 0 Å². The lowest BCUT2D eigenvalue weighted by Gasteiger charge is -1.97. The van der Waals surface area contributed by atoms with Gasteiger partial charge in [0.05, 0.1) is 0 Å². The first-order valence-electron chi connectivity index (χ1n) is 3.77. The number of aliphatic hydroxyl groups is 1. The predicted octanol–water partition coefficient (Wildman–Crippen LogP) is 1.04. The van der Waals surface area contributed by atoms with Crippen LogP contribution in [0.3, 0.4) is 0 Å². The largest absolute Gasteiger partial charge is 0.384 e. The number of nitrogens with zero attached hydrogens (tertiary/aromatic N) is 1. The fourth-order valence-corrected chi connectivity index (χ4v) is 0.853. The summed E-state index contributed by atoms with van der Waals surface area (Å²) in [6.45, 7) is 3.85. The van der Waals surface area contributed by atoms with E-state index in [4.69, 9.17) is 5.11 Å². The van der Waals surface area contributed by atoms with Gasteiger partial charge in [-0.1, -0.05) is 11.8 Å². The number of pyridine rings is 1. The van der Waals surface area contributed by atoms with Gasteiger partial charge in [-0.2, -0.15) is 0 Å². The highest BCUT2D eigenvalue weighted by Crippen LogP contribution is 2.04. The van der Waals surface area contributed by atoms with E-state index in [1.165, 1.54) is 0 Å². The Morgan fingerprint density at radius 3 is 2.83 bits per heavy atom. The van der Waals surface area contributed by atoms with Crippen molar-refractivity contribution in [3.05, 3.63) is 29.1 Å². The lowest BCUT2D eigenvalue weighted by atomic mass is 10.2. The molecule has 0 saturated carbocycles. The fraction of sp³-hybridized carbons (Fsp3) is 0.300. The van der Waals surface area contributed by atoms with Gasteiger partial charge < -0.3 is 5.11 Å². The minimum atomic E-state index is -0.104. The molecule has 62 valence electrons. The fourth-order valence-electron chi connectivity index (χ4n) is 0.853. The third kappa shape index (κ3) is 2.08. The van der Waals surface area contributed by atoms with Crippen molar-refractivity contribution in [1.29, 1.82) is 0 Å². The highest BCUT2D eigenvalue weighted by molar-refractivity contribution is 5.35. The molecular weight excluding hydrogens is 150 g/mol. The average Bonchev–Trinajstić information content (AvgIpc) is 2.07. The Morgan fingerprint density at radius 1 is 1.50 bits per heavy atom. The first-order chi connectivity index (χ1) is 5.74. The van der Waals surface area contributed by atoms with Crippen molar-refractivity contribution in [3.63, 3.8) is 0 Å². The second-order valence-electron chi connectivity index (χ2n) is 2.59. The minimum Gasteiger partial charge on any atom is -0.384 e. The summed E-state index contributed by atoms with van der Waals surface area (Å²) >= 11 is 0. The molecule has 0 aromatic carbocycles. The van der Waals surface area contributed by atoms with Crippen LogP contribution in [-0.2, 0) is 0 Å². The van der Waals surface area contributed by atoms with Gasteiger partial charge in [0, 0.05) is 17.5 Å². The Balaban J connectivity index is 2.97. The van der Waals surface area contributed by atoms with E-state index in [-0.39, 0.29) is 6.61 Å². The van der Waals surface area contributed by atoms with E-state index in [1.54, 1.807) is 6.20 Å². The first-order valence-corrected chi connectivity index (χ1v) is 3.77. The van der Waals surface area contributed by atoms with Crippen LogP contribution >= 0.6 is 0 Å². The SMILES string of the molecule is Cc1cc(C#CCO)cnc1C. The van der Waals surface area contributed by atoms with Crippen LogP contribution in [-0.4, -0.2) is 16.7 Å². The molecule has 1 aromatic heterocycles. The zero-order valence-corrected chi connectivity index (χ0v) is 7.26. The van der Waals surface area contributed by atoms with Gasteiger partial charge in [0.1, 0.15) is 6.61 Å². The molecule has 12 heavy (non-hydrogen) atoms. The summed E-state index contributed by atoms with van der Waals surface area (Å²) in [6.07, 6.45) is 1.71. The van der Waals surface area contributed by atoms with Crippen molar-refractivity contribution in [1.82, 2.24) is 4.98 Å². The molecule has 1 aromatic rings. The lowest BCUT2D eigenvalue weighted by Crippen LogP contribution is -1.87. The van der Waals surface area contributed by atoms with Gasteiger partial charge in [0.15, 0.2) is 0 Å². The highest BCUT2D eigenvalue weighted by atomic mass is 16.2. The van der Waals surface area contributed by atoms with Crippen molar-refractivity contribution in [3.8, 4) is 11.8 Å². The predicted molar refractivity (Wildman–Crippen MR) is 47.7 cm³/mol. The second kappa shape index (κ2) is 3.89. The zero-order chi connectivity index (χ0) is 8.97. The molecule has 0 fully saturated rings. The quantitative estimate of drug-likeness (QED) is 0.577. The number of aryl methyl sites for hydroxylation is 2. The molecule has 0 aliphatic rings. The molecule has 2 nitrogen and oxygen atoms in total. The van der Waals surface area contributed by atoms with E-state index in [0.29, 0.717) is 0 Å². The monoisotopic (exact) mass is 161 g/mol. The van der Waals surface area contributed by atoms with E-state index in [0.717, 1.165) is 16.8 Å². The molecule has 1 heterocycles. The maximum absolute atomic E-state index is 8.46. The summed E-state index contributed by atoms with van der Waals surface area (Å²) in [7, 11) is 0. The van der Waals surface area contributed by atoms with E-state index in [2.05, 4.69) is 16.8 Å². The number of aliphatic hydroxyl groups excluding tert-OH is 1. The summed E-state index contributed by atoms with van der Waals surface area (Å²) in [4.78, 5) is 4.15. The van der Waals surface area contributed by atoms with Crippen molar-refractivity contribution >= 4 is 0 Å². The van der Waals surface area contributed by atoms with E-state index in [1.807, 2.05) is 19.9 Å². The molecule has 1 N–H and O–H groups in total. The molecule has 0 aliphatic heterocycles. The molecular formula is C10H11NO. The number of rotatable bonds is 0. The molecule has 0 spiro atoms. The number of hydrogen-bond acceptors (Lipinski definition) is 2. The van der Waals surface area contributed by atoms with Crippen molar-refractivity contribution < 1.29 is 5.11 Å². The summed E-state index contributed by atoms with van der Waals surface area (Å²) in [5, 5.41) is 8.46. The standard InChI is InChI=1S/C10H11NO/c1-8-6-10(4-3-5-12)7-11-9(8)2/h6-7,12H,5H2,1-2H3. The Labute approximate surface area is 72.3 Å². The van der Waals surface area contributed by atoms with Gasteiger partial charge in [0.2, 0.25) is 0 Å². The molecule has 0 aliphatic carbocycles. The van der Waals surface area contributed by atoms with Gasteiger partial charge >= 0.3 is 0 Å². The number of aromatic nitrogens is 1. The second-order valence-corrected chi connectivity index (χ2v) is 2.59. The van der Waals surface area contributed by atoms with Crippen LogP contribution in [0.5, 0.6) is 0 Å². The molecule has 0 amide bonds. The normalized spacial score (nSPS) is 8.92. The van der Waals surface area contributed by atoms with Crippen LogP contribution in [0.25, 0.3) is 0 Å². The van der Waals surface area contributed by atoms with Crippen molar-refractivity contribution in [2.45, 2.75) is 13.8 Å². The number of hydrogen-bond donors (Lipinski definition) is 1. The summed E-state index contributed by atoms with van der Waals surface area (Å²) in [5.74, 6) is 5.38. The first kappa shape index (κ1) is 8.76. The molecule has 2 heteroatoms. The van der Waals surface area contributed by atoms with Crippen LogP contribution in [0.2, 0.25) is 0 Å². The van der Waals surface area contributed by atoms with E-state index >= 15 is 0 Å². The van der Waals surface area contributed by atoms with Crippen molar-refractivity contribution in [2.75, 3.05) is 6.61 Å². The average molecular weight is 161 g/mol. The molecule has 0 radical (unpaired) electrons. The minimum absolute atomic E-state index is 0.104. The third-order valence-corrected chi connectivity index (χ3v) is 1.65. The zero-order valence-electron chi connectivity index (χ0n) is 7.26. The van der Waals surface area contributed by atoms with Gasteiger partial charge in [0.25, 0.3) is 0 Å². The topological polar surface area (TPSA) is 33.1 Å². The van der Waals surface area contributed by atoms with Crippen LogP contribution < -0.4 is 0 Å². The Morgan fingerprint density at radius 2 is 2.25 bits per heavy atom. The molecule has 0 saturated heterocycles. The maximum Gasteiger partial charge on any atom is 0.104 e. The maximum atomic E-state index is 8.46. The van der Waals surface area contributed by atoms with Crippen molar-refractivity contribution in [2.24, 2.45) is 0 Å². The van der Waals surface area contributed by atoms with Gasteiger partial charge in [-0.15, -0.1) is 0 Å². The van der Waals surface area contributed by atoms with Crippen LogP contribution in [0, 0.1) is 25.7 Å². The van der Waals surface area contributed by atoms with E-state index in [9.17, 15) is 0 Å². The Kier molecular flexibility index (Phi) is 2.84. The van der Waals surface area contributed by atoms with Gasteiger partial charge in [-0.3, -0.25) is 4.98 Å². The smallest absolute Gasteiger partial charge is 0.104 e. The summed E-state index contributed by atoms with van der Waals surface area (Å²) in [5.41, 5.74) is 3.00. The summed E-state index contributed by atoms with van der Waals surface area (Å²) < 4.78 is 0. The molecule has 0 bridgehead atoms. The third-order valence-electron chi connectivity index (χ3n) is 1.65. The van der Waals surface area contributed by atoms with Crippen LogP contribution in [0.15, 0.2) is 12.3 Å². The van der Waals surface area contributed by atoms with Crippen LogP contribution in [0.4, 0.5) is 0 Å². The Hall–Kier alpha value is -1.33. The highest BCUT2D eigenvalue weighted by Gasteiger charge is 1.93. The molecule has 0 atom stereocenters. The molecule has 1 rings (SSSR count). The molecule has 0 unspecified atom stereocenters. The summed E-state index contributed by atoms with van der Waals surface area (Å²) in [6, 6.07) is 1.96. The lowest BCUT2D eigenvalue weighted by molar-refractivity contribution is 0.350.